The predicted molar refractivity (Wildman–Crippen MR) is 106 cm³/mol. The number of nitrogens with one attached hydrogen (secondary N) is 1. The number of nitrogens with zero attached hydrogens (tertiary/aromatic N) is 4. The van der Waals surface area contributed by atoms with E-state index in [2.05, 4.69) is 22.2 Å². The first-order valence-corrected chi connectivity index (χ1v) is 8.85. The van der Waals surface area contributed by atoms with Gasteiger partial charge in [-0.2, -0.15) is 5.10 Å². The van der Waals surface area contributed by atoms with Gasteiger partial charge < -0.3 is 15.1 Å². The minimum absolute atomic E-state index is 0. The van der Waals surface area contributed by atoms with Crippen molar-refractivity contribution in [3.05, 3.63) is 12.4 Å². The molecule has 1 unspecified atom stereocenters. The van der Waals surface area contributed by atoms with Crippen molar-refractivity contribution in [2.45, 2.75) is 26.2 Å². The highest BCUT2D eigenvalue weighted by molar-refractivity contribution is 5.85. The molecule has 1 aromatic heterocycles. The molecule has 0 radical (unpaired) electrons. The summed E-state index contributed by atoms with van der Waals surface area (Å²) >= 11 is 0. The van der Waals surface area contributed by atoms with Crippen LogP contribution in [0.3, 0.4) is 0 Å². The topological polar surface area (TPSA) is 53.4 Å². The van der Waals surface area contributed by atoms with Crippen LogP contribution in [-0.2, 0) is 11.8 Å². The zero-order valence-corrected chi connectivity index (χ0v) is 16.8. The van der Waals surface area contributed by atoms with Crippen LogP contribution in [0.2, 0.25) is 0 Å². The van der Waals surface area contributed by atoms with Gasteiger partial charge in [0, 0.05) is 45.8 Å². The van der Waals surface area contributed by atoms with Crippen LogP contribution in [0.25, 0.3) is 0 Å². The maximum absolute atomic E-state index is 12.6. The van der Waals surface area contributed by atoms with Crippen LogP contribution in [0.15, 0.2) is 12.4 Å². The average Bonchev–Trinajstić information content (AvgIpc) is 3.02. The van der Waals surface area contributed by atoms with E-state index >= 15 is 0 Å². The fraction of sp³-hybridized carbons (Fsp3) is 0.765. The van der Waals surface area contributed by atoms with E-state index in [-0.39, 0.29) is 24.8 Å². The second-order valence-corrected chi connectivity index (χ2v) is 7.01. The molecule has 8 heteroatoms. The van der Waals surface area contributed by atoms with Gasteiger partial charge in [-0.15, -0.1) is 24.8 Å². The fourth-order valence-corrected chi connectivity index (χ4v) is 3.77. The fourth-order valence-electron chi connectivity index (χ4n) is 3.77. The Morgan fingerprint density at radius 2 is 1.88 bits per heavy atom. The molecule has 144 valence electrons. The molecule has 1 atom stereocenters. The molecule has 0 saturated carbocycles. The van der Waals surface area contributed by atoms with Gasteiger partial charge >= 0.3 is 0 Å². The van der Waals surface area contributed by atoms with Crippen molar-refractivity contribution in [2.24, 2.45) is 18.9 Å². The van der Waals surface area contributed by atoms with Gasteiger partial charge in [-0.1, -0.05) is 6.92 Å². The van der Waals surface area contributed by atoms with E-state index in [1.54, 1.807) is 0 Å². The number of carbonyl (C=O) groups is 1. The number of halogens is 2. The standard InChI is InChI=1S/C17H29N5O.2ClH/c1-14(15-3-5-18-6-4-15)11-17(23)22-9-7-21(8-10-22)16-12-19-20(2)13-16;;/h12-15,18H,3-11H2,1-2H3;2*1H. The molecule has 6 nitrogen and oxygen atoms in total. The highest BCUT2D eigenvalue weighted by atomic mass is 35.5. The largest absolute Gasteiger partial charge is 0.365 e. The molecule has 2 aliphatic heterocycles. The number of hydrogen-bond donors (Lipinski definition) is 1. The molecule has 2 saturated heterocycles. The summed E-state index contributed by atoms with van der Waals surface area (Å²) < 4.78 is 1.83. The van der Waals surface area contributed by atoms with Crippen molar-refractivity contribution in [2.75, 3.05) is 44.2 Å². The number of carbonyl (C=O) groups excluding carboxylic acids is 1. The Kier molecular flexibility index (Phi) is 9.03. The smallest absolute Gasteiger partial charge is 0.222 e. The Labute approximate surface area is 163 Å². The lowest BCUT2D eigenvalue weighted by atomic mass is 9.84. The van der Waals surface area contributed by atoms with Gasteiger partial charge in [-0.05, 0) is 37.8 Å². The van der Waals surface area contributed by atoms with Crippen molar-refractivity contribution in [1.82, 2.24) is 20.0 Å². The molecule has 2 aliphatic rings. The van der Waals surface area contributed by atoms with Gasteiger partial charge in [0.15, 0.2) is 0 Å². The summed E-state index contributed by atoms with van der Waals surface area (Å²) in [6.45, 7) is 7.91. The number of anilines is 1. The van der Waals surface area contributed by atoms with Crippen molar-refractivity contribution < 1.29 is 4.79 Å². The monoisotopic (exact) mass is 391 g/mol. The first kappa shape index (κ1) is 22.1. The van der Waals surface area contributed by atoms with Crippen LogP contribution >= 0.6 is 24.8 Å². The summed E-state index contributed by atoms with van der Waals surface area (Å²) in [6.07, 6.45) is 7.07. The van der Waals surface area contributed by atoms with E-state index in [4.69, 9.17) is 0 Å². The van der Waals surface area contributed by atoms with E-state index < -0.39 is 0 Å². The van der Waals surface area contributed by atoms with Crippen LogP contribution < -0.4 is 10.2 Å². The average molecular weight is 392 g/mol. The van der Waals surface area contributed by atoms with Gasteiger partial charge in [-0.3, -0.25) is 9.48 Å². The van der Waals surface area contributed by atoms with E-state index in [9.17, 15) is 4.79 Å². The molecule has 1 N–H and O–H groups in total. The molecule has 0 bridgehead atoms. The molecule has 3 rings (SSSR count). The van der Waals surface area contributed by atoms with Crippen LogP contribution in [0.1, 0.15) is 26.2 Å². The van der Waals surface area contributed by atoms with Gasteiger partial charge in [0.25, 0.3) is 0 Å². The first-order chi connectivity index (χ1) is 11.1. The summed E-state index contributed by atoms with van der Waals surface area (Å²) in [5.41, 5.74) is 1.16. The number of amides is 1. The quantitative estimate of drug-likeness (QED) is 0.851. The molecule has 1 amide bonds. The summed E-state index contributed by atoms with van der Waals surface area (Å²) in [5.74, 6) is 1.54. The van der Waals surface area contributed by atoms with E-state index in [1.165, 1.54) is 12.8 Å². The molecule has 3 heterocycles. The Hall–Kier alpha value is -0.980. The molecule has 2 fully saturated rings. The molecule has 0 spiro atoms. The summed E-state index contributed by atoms with van der Waals surface area (Å²) in [4.78, 5) is 16.9. The Balaban J connectivity index is 0.00000156. The van der Waals surface area contributed by atoms with Crippen LogP contribution in [-0.4, -0.2) is 59.9 Å². The molecule has 25 heavy (non-hydrogen) atoms. The third-order valence-electron chi connectivity index (χ3n) is 5.37. The van der Waals surface area contributed by atoms with Crippen LogP contribution in [0.5, 0.6) is 0 Å². The third-order valence-corrected chi connectivity index (χ3v) is 5.37. The van der Waals surface area contributed by atoms with Crippen molar-refractivity contribution in [1.29, 1.82) is 0 Å². The zero-order chi connectivity index (χ0) is 16.2. The molecular weight excluding hydrogens is 361 g/mol. The third kappa shape index (κ3) is 5.76. The lowest BCUT2D eigenvalue weighted by Gasteiger charge is -2.36. The summed E-state index contributed by atoms with van der Waals surface area (Å²) in [5, 5.41) is 7.63. The van der Waals surface area contributed by atoms with Crippen LogP contribution in [0, 0.1) is 11.8 Å². The van der Waals surface area contributed by atoms with Crippen molar-refractivity contribution in [3.8, 4) is 0 Å². The SMILES string of the molecule is CC(CC(=O)N1CCN(c2cnn(C)c2)CC1)C1CCNCC1.Cl.Cl. The molecule has 0 aliphatic carbocycles. The second kappa shape index (κ2) is 10.2. The Morgan fingerprint density at radius 1 is 1.24 bits per heavy atom. The minimum atomic E-state index is 0. The lowest BCUT2D eigenvalue weighted by molar-refractivity contribution is -0.132. The number of piperidine rings is 1. The first-order valence-electron chi connectivity index (χ1n) is 8.85. The van der Waals surface area contributed by atoms with Gasteiger partial charge in [0.2, 0.25) is 5.91 Å². The normalized spacial score (nSPS) is 19.8. The molecule has 1 aromatic rings. The number of piperazine rings is 1. The maximum atomic E-state index is 12.6. The molecular formula is C17H31Cl2N5O. The maximum Gasteiger partial charge on any atom is 0.222 e. The van der Waals surface area contributed by atoms with Crippen LogP contribution in [0.4, 0.5) is 5.69 Å². The highest BCUT2D eigenvalue weighted by Crippen LogP contribution is 2.25. The lowest BCUT2D eigenvalue weighted by Crippen LogP contribution is -2.49. The summed E-state index contributed by atoms with van der Waals surface area (Å²) in [7, 11) is 1.94. The van der Waals surface area contributed by atoms with E-state index in [0.29, 0.717) is 24.2 Å². The van der Waals surface area contributed by atoms with E-state index in [1.807, 2.05) is 29.0 Å². The minimum Gasteiger partial charge on any atom is -0.365 e. The predicted octanol–water partition coefficient (Wildman–Crippen LogP) is 1.94. The van der Waals surface area contributed by atoms with Gasteiger partial charge in [0.1, 0.15) is 0 Å². The number of aromatic nitrogens is 2. The Morgan fingerprint density at radius 3 is 2.44 bits per heavy atom. The zero-order valence-electron chi connectivity index (χ0n) is 15.2. The number of aryl methyl sites for hydroxylation is 1. The number of hydrogen-bond acceptors (Lipinski definition) is 4. The Bertz CT molecular complexity index is 525. The van der Waals surface area contributed by atoms with Gasteiger partial charge in [0.05, 0.1) is 11.9 Å². The number of rotatable bonds is 4. The van der Waals surface area contributed by atoms with Gasteiger partial charge in [-0.25, -0.2) is 0 Å². The second-order valence-electron chi connectivity index (χ2n) is 7.01. The van der Waals surface area contributed by atoms with Crippen molar-refractivity contribution in [3.63, 3.8) is 0 Å². The van der Waals surface area contributed by atoms with Crippen molar-refractivity contribution >= 4 is 36.4 Å². The highest BCUT2D eigenvalue weighted by Gasteiger charge is 2.26. The summed E-state index contributed by atoms with van der Waals surface area (Å²) in [6, 6.07) is 0. The molecule has 0 aromatic carbocycles. The van der Waals surface area contributed by atoms with E-state index in [0.717, 1.165) is 45.0 Å².